The number of non-ortho nitro benzene ring substituents is 1. The summed E-state index contributed by atoms with van der Waals surface area (Å²) in [6.45, 7) is 5.36. The van der Waals surface area contributed by atoms with E-state index in [-0.39, 0.29) is 36.3 Å². The van der Waals surface area contributed by atoms with Gasteiger partial charge in [-0.25, -0.2) is 19.8 Å². The van der Waals surface area contributed by atoms with Crippen molar-refractivity contribution < 1.29 is 24.2 Å². The topological polar surface area (TPSA) is 141 Å². The number of nitro groups is 2. The first-order chi connectivity index (χ1) is 14.1. The standard InChI is InChI=1S/C18H23N5O7/c1-18(2)9-14(12-30-18)10-20-6-7-21(16(20)19-23(27)28)17(24)29-11-13-4-3-5-15(8-13)22(25)26/h3-5,8,14H,6-7,9-12H2,1-2H3. The van der Waals surface area contributed by atoms with Crippen molar-refractivity contribution in [2.24, 2.45) is 11.0 Å². The molecule has 1 amide bonds. The molecular formula is C18H23N5O7. The monoisotopic (exact) mass is 421 g/mol. The van der Waals surface area contributed by atoms with Gasteiger partial charge in [0.1, 0.15) is 11.7 Å². The van der Waals surface area contributed by atoms with Gasteiger partial charge in [0.15, 0.2) is 5.03 Å². The molecular weight excluding hydrogens is 398 g/mol. The number of benzene rings is 1. The Morgan fingerprint density at radius 2 is 2.10 bits per heavy atom. The van der Waals surface area contributed by atoms with E-state index in [4.69, 9.17) is 9.47 Å². The fraction of sp³-hybridized carbons (Fsp3) is 0.556. The SMILES string of the molecule is CC1(C)CC(CN2CCN(C(=O)OCc3cccc([N+](=O)[O-])c3)C2=N[N+](=O)[O-])CO1. The summed E-state index contributed by atoms with van der Waals surface area (Å²) in [6, 6.07) is 5.71. The molecule has 2 heterocycles. The highest BCUT2D eigenvalue weighted by molar-refractivity contribution is 5.95. The van der Waals surface area contributed by atoms with Crippen LogP contribution in [0.4, 0.5) is 10.5 Å². The van der Waals surface area contributed by atoms with Crippen molar-refractivity contribution in [1.82, 2.24) is 9.80 Å². The van der Waals surface area contributed by atoms with Gasteiger partial charge in [0.05, 0.1) is 23.7 Å². The molecule has 162 valence electrons. The molecule has 2 aliphatic rings. The van der Waals surface area contributed by atoms with Gasteiger partial charge >= 0.3 is 6.09 Å². The second-order valence-electron chi connectivity index (χ2n) is 7.86. The lowest BCUT2D eigenvalue weighted by Crippen LogP contribution is -2.40. The highest BCUT2D eigenvalue weighted by Gasteiger charge is 2.39. The molecule has 0 aliphatic carbocycles. The van der Waals surface area contributed by atoms with Crippen LogP contribution >= 0.6 is 0 Å². The summed E-state index contributed by atoms with van der Waals surface area (Å²) in [5, 5.41) is 24.4. The average Bonchev–Trinajstić information content (AvgIpc) is 3.22. The Balaban J connectivity index is 1.65. The number of ether oxygens (including phenoxy) is 2. The maximum Gasteiger partial charge on any atom is 0.417 e. The van der Waals surface area contributed by atoms with Crippen LogP contribution in [0.1, 0.15) is 25.8 Å². The van der Waals surface area contributed by atoms with Crippen molar-refractivity contribution in [1.29, 1.82) is 0 Å². The predicted octanol–water partition coefficient (Wildman–Crippen LogP) is 2.21. The van der Waals surface area contributed by atoms with E-state index in [1.807, 2.05) is 13.8 Å². The number of hydrogen-bond donors (Lipinski definition) is 0. The number of nitrogens with zero attached hydrogens (tertiary/aromatic N) is 5. The Labute approximate surface area is 172 Å². The zero-order chi connectivity index (χ0) is 21.9. The van der Waals surface area contributed by atoms with Crippen LogP contribution in [0.2, 0.25) is 0 Å². The molecule has 2 aliphatic heterocycles. The van der Waals surface area contributed by atoms with Crippen molar-refractivity contribution in [2.45, 2.75) is 32.5 Å². The van der Waals surface area contributed by atoms with Gasteiger partial charge < -0.3 is 14.4 Å². The van der Waals surface area contributed by atoms with E-state index in [1.165, 1.54) is 18.2 Å². The number of carbonyl (C=O) groups is 1. The van der Waals surface area contributed by atoms with Crippen molar-refractivity contribution in [3.63, 3.8) is 0 Å². The molecule has 0 bridgehead atoms. The second kappa shape index (κ2) is 8.61. The number of guanidine groups is 1. The number of hydrazone groups is 1. The maximum absolute atomic E-state index is 12.5. The summed E-state index contributed by atoms with van der Waals surface area (Å²) in [5.41, 5.74) is 0.0711. The van der Waals surface area contributed by atoms with Gasteiger partial charge in [0.2, 0.25) is 0 Å². The summed E-state index contributed by atoms with van der Waals surface area (Å²) >= 11 is 0. The van der Waals surface area contributed by atoms with Crippen LogP contribution in [0.15, 0.2) is 29.4 Å². The van der Waals surface area contributed by atoms with E-state index in [0.29, 0.717) is 25.3 Å². The number of nitro benzene ring substituents is 1. The van der Waals surface area contributed by atoms with Crippen LogP contribution in [-0.4, -0.2) is 63.7 Å². The molecule has 1 unspecified atom stereocenters. The van der Waals surface area contributed by atoms with Gasteiger partial charge in [0, 0.05) is 31.1 Å². The molecule has 3 rings (SSSR count). The number of hydrogen-bond acceptors (Lipinski definition) is 7. The summed E-state index contributed by atoms with van der Waals surface area (Å²) in [4.78, 5) is 36.7. The highest BCUT2D eigenvalue weighted by Crippen LogP contribution is 2.30. The Morgan fingerprint density at radius 3 is 2.73 bits per heavy atom. The third-order valence-electron chi connectivity index (χ3n) is 4.96. The molecule has 30 heavy (non-hydrogen) atoms. The first-order valence-corrected chi connectivity index (χ1v) is 9.44. The largest absolute Gasteiger partial charge is 0.444 e. The minimum atomic E-state index is -0.844. The summed E-state index contributed by atoms with van der Waals surface area (Å²) in [5.74, 6) is 0.0894. The number of rotatable bonds is 6. The van der Waals surface area contributed by atoms with E-state index in [1.54, 1.807) is 11.0 Å². The van der Waals surface area contributed by atoms with Gasteiger partial charge in [-0.2, -0.15) is 0 Å². The molecule has 0 radical (unpaired) electrons. The molecule has 0 aromatic heterocycles. The first-order valence-electron chi connectivity index (χ1n) is 9.44. The quantitative estimate of drug-likeness (QED) is 0.503. The lowest BCUT2D eigenvalue weighted by atomic mass is 9.97. The summed E-state index contributed by atoms with van der Waals surface area (Å²) in [6.07, 6.45) is -0.000418. The molecule has 1 aromatic rings. The Morgan fingerprint density at radius 1 is 1.33 bits per heavy atom. The Bertz CT molecular complexity index is 872. The lowest BCUT2D eigenvalue weighted by Gasteiger charge is -2.22. The molecule has 0 spiro atoms. The third-order valence-corrected chi connectivity index (χ3v) is 4.96. The summed E-state index contributed by atoms with van der Waals surface area (Å²) in [7, 11) is 0. The first kappa shape index (κ1) is 21.4. The third kappa shape index (κ3) is 5.20. The molecule has 1 atom stereocenters. The van der Waals surface area contributed by atoms with E-state index < -0.39 is 16.0 Å². The molecule has 2 saturated heterocycles. The van der Waals surface area contributed by atoms with Gasteiger partial charge in [-0.1, -0.05) is 12.1 Å². The number of carbonyl (C=O) groups excluding carboxylic acids is 1. The molecule has 12 nitrogen and oxygen atoms in total. The smallest absolute Gasteiger partial charge is 0.417 e. The van der Waals surface area contributed by atoms with Gasteiger partial charge in [0.25, 0.3) is 11.6 Å². The molecule has 12 heteroatoms. The van der Waals surface area contributed by atoms with Gasteiger partial charge in [-0.15, -0.1) is 0 Å². The highest BCUT2D eigenvalue weighted by atomic mass is 16.7. The van der Waals surface area contributed by atoms with E-state index in [2.05, 4.69) is 5.10 Å². The van der Waals surface area contributed by atoms with Crippen LogP contribution in [0.3, 0.4) is 0 Å². The zero-order valence-corrected chi connectivity index (χ0v) is 16.7. The fourth-order valence-electron chi connectivity index (χ4n) is 3.70. The molecule has 0 saturated carbocycles. The van der Waals surface area contributed by atoms with E-state index in [9.17, 15) is 25.0 Å². The maximum atomic E-state index is 12.5. The fourth-order valence-corrected chi connectivity index (χ4v) is 3.70. The average molecular weight is 421 g/mol. The van der Waals surface area contributed by atoms with Crippen LogP contribution in [0.25, 0.3) is 0 Å². The lowest BCUT2D eigenvalue weighted by molar-refractivity contribution is -0.486. The van der Waals surface area contributed by atoms with Crippen molar-refractivity contribution in [3.8, 4) is 0 Å². The van der Waals surface area contributed by atoms with Crippen molar-refractivity contribution in [3.05, 3.63) is 50.1 Å². The van der Waals surface area contributed by atoms with Crippen LogP contribution in [-0.2, 0) is 16.1 Å². The van der Waals surface area contributed by atoms with Crippen LogP contribution < -0.4 is 0 Å². The second-order valence-corrected chi connectivity index (χ2v) is 7.86. The van der Waals surface area contributed by atoms with Gasteiger partial charge in [-0.05, 0) is 25.8 Å². The van der Waals surface area contributed by atoms with Crippen molar-refractivity contribution >= 4 is 17.7 Å². The Kier molecular flexibility index (Phi) is 6.15. The van der Waals surface area contributed by atoms with E-state index >= 15 is 0 Å². The van der Waals surface area contributed by atoms with Crippen LogP contribution in [0.5, 0.6) is 0 Å². The van der Waals surface area contributed by atoms with Crippen molar-refractivity contribution in [2.75, 3.05) is 26.2 Å². The molecule has 0 N–H and O–H groups in total. The Hall–Kier alpha value is -3.28. The predicted molar refractivity (Wildman–Crippen MR) is 104 cm³/mol. The summed E-state index contributed by atoms with van der Waals surface area (Å²) < 4.78 is 10.9. The molecule has 1 aromatic carbocycles. The van der Waals surface area contributed by atoms with E-state index in [0.717, 1.165) is 11.3 Å². The van der Waals surface area contributed by atoms with Gasteiger partial charge in [-0.3, -0.25) is 10.1 Å². The number of amides is 1. The normalized spacial score (nSPS) is 21.8. The van der Waals surface area contributed by atoms with Crippen LogP contribution in [0, 0.1) is 26.1 Å². The minimum absolute atomic E-state index is 0.0752. The molecule has 2 fully saturated rings. The zero-order valence-electron chi connectivity index (χ0n) is 16.7. The minimum Gasteiger partial charge on any atom is -0.444 e.